The molecule has 1 aliphatic rings. The summed E-state index contributed by atoms with van der Waals surface area (Å²) in [6.07, 6.45) is -0.737. The number of nitrogens with zero attached hydrogens (tertiary/aromatic N) is 5. The number of carbonyl (C=O) groups is 3. The number of anilines is 2. The first-order valence-electron chi connectivity index (χ1n) is 16.0. The van der Waals surface area contributed by atoms with E-state index in [-0.39, 0.29) is 43.3 Å². The van der Waals surface area contributed by atoms with Gasteiger partial charge in [0.15, 0.2) is 5.82 Å². The predicted molar refractivity (Wildman–Crippen MR) is 191 cm³/mol. The molecule has 270 valence electrons. The van der Waals surface area contributed by atoms with Crippen LogP contribution >= 0.6 is 11.6 Å². The number of alkyl carbamates (subject to hydrolysis) is 1. The Morgan fingerprint density at radius 3 is 2.27 bits per heavy atom. The second-order valence-electron chi connectivity index (χ2n) is 12.3. The average Bonchev–Trinajstić information content (AvgIpc) is 3.12. The molecule has 0 saturated carbocycles. The number of amides is 4. The number of urea groups is 1. The van der Waals surface area contributed by atoms with Crippen LogP contribution in [0.1, 0.15) is 32.6 Å². The van der Waals surface area contributed by atoms with Crippen LogP contribution in [-0.2, 0) is 9.53 Å². The highest BCUT2D eigenvalue weighted by Crippen LogP contribution is 2.37. The summed E-state index contributed by atoms with van der Waals surface area (Å²) in [5.74, 6) is 0.190. The molecular weight excluding hydrogens is 685 g/mol. The average molecular weight is 724 g/mol. The third-order valence-electron chi connectivity index (χ3n) is 8.52. The molecule has 1 unspecified atom stereocenters. The smallest absolute Gasteiger partial charge is 0.407 e. The normalized spacial score (nSPS) is 13.7. The van der Waals surface area contributed by atoms with Gasteiger partial charge in [-0.05, 0) is 75.4 Å². The van der Waals surface area contributed by atoms with Crippen LogP contribution < -0.4 is 35.6 Å². The van der Waals surface area contributed by atoms with Gasteiger partial charge in [0.1, 0.15) is 22.9 Å². The zero-order valence-corrected chi connectivity index (χ0v) is 29.8. The van der Waals surface area contributed by atoms with Crippen molar-refractivity contribution in [2.75, 3.05) is 62.7 Å². The van der Waals surface area contributed by atoms with E-state index >= 15 is 0 Å². The highest BCUT2D eigenvalue weighted by Gasteiger charge is 2.37. The number of methoxy groups -OCH3 is 3. The van der Waals surface area contributed by atoms with Crippen molar-refractivity contribution in [2.45, 2.75) is 32.4 Å². The fourth-order valence-corrected chi connectivity index (χ4v) is 6.05. The van der Waals surface area contributed by atoms with Crippen molar-refractivity contribution < 1.29 is 33.0 Å². The van der Waals surface area contributed by atoms with Gasteiger partial charge in [0.25, 0.3) is 5.56 Å². The first kappa shape index (κ1) is 36.7. The summed E-state index contributed by atoms with van der Waals surface area (Å²) in [5.41, 5.74) is -0.666. The summed E-state index contributed by atoms with van der Waals surface area (Å²) >= 11 is 6.31. The van der Waals surface area contributed by atoms with Crippen LogP contribution in [0.2, 0.25) is 5.02 Å². The largest absolute Gasteiger partial charge is 0.497 e. The highest BCUT2D eigenvalue weighted by molar-refractivity contribution is 6.31. The zero-order chi connectivity index (χ0) is 37.0. The van der Waals surface area contributed by atoms with Crippen molar-refractivity contribution in [3.63, 3.8) is 0 Å². The molecule has 3 aromatic carbocycles. The molecule has 16 heteroatoms. The highest BCUT2D eigenvalue weighted by atomic mass is 35.5. The molecule has 4 aromatic rings. The van der Waals surface area contributed by atoms with Crippen molar-refractivity contribution in [3.05, 3.63) is 87.7 Å². The molecular formula is C35H39ClFN7O7. The van der Waals surface area contributed by atoms with Gasteiger partial charge < -0.3 is 34.8 Å². The molecule has 0 radical (unpaired) electrons. The van der Waals surface area contributed by atoms with Gasteiger partial charge in [0.05, 0.1) is 57.1 Å². The van der Waals surface area contributed by atoms with Crippen molar-refractivity contribution >= 4 is 51.9 Å². The van der Waals surface area contributed by atoms with E-state index in [9.17, 15) is 23.6 Å². The number of hydrogen-bond acceptors (Lipinski definition) is 9. The summed E-state index contributed by atoms with van der Waals surface area (Å²) in [4.78, 5) is 61.8. The van der Waals surface area contributed by atoms with Gasteiger partial charge in [0.2, 0.25) is 5.91 Å². The lowest BCUT2D eigenvalue weighted by Crippen LogP contribution is -2.62. The molecule has 2 N–H and O–H groups in total. The number of rotatable bonds is 9. The van der Waals surface area contributed by atoms with E-state index < -0.39 is 35.1 Å². The fourth-order valence-electron chi connectivity index (χ4n) is 5.87. The summed E-state index contributed by atoms with van der Waals surface area (Å²) in [7, 11) is 4.17. The first-order chi connectivity index (χ1) is 24.3. The second kappa shape index (κ2) is 15.1. The number of piperazine rings is 1. The predicted octanol–water partition coefficient (Wildman–Crippen LogP) is 4.92. The fraction of sp³-hybridized carbons (Fsp3) is 0.343. The van der Waals surface area contributed by atoms with Crippen LogP contribution in [0.25, 0.3) is 10.9 Å². The maximum atomic E-state index is 14.4. The minimum Gasteiger partial charge on any atom is -0.497 e. The van der Waals surface area contributed by atoms with E-state index in [1.54, 1.807) is 61.0 Å². The van der Waals surface area contributed by atoms with E-state index in [1.165, 1.54) is 61.2 Å². The third-order valence-corrected chi connectivity index (χ3v) is 8.75. The molecule has 1 saturated heterocycles. The number of ether oxygens (including phenoxy) is 3. The summed E-state index contributed by atoms with van der Waals surface area (Å²) in [6.45, 7) is 5.72. The van der Waals surface area contributed by atoms with Gasteiger partial charge in [-0.2, -0.15) is 0 Å². The monoisotopic (exact) mass is 723 g/mol. The number of aromatic nitrogens is 2. The molecule has 4 amide bonds. The van der Waals surface area contributed by atoms with Crippen LogP contribution in [-0.4, -0.2) is 85.6 Å². The van der Waals surface area contributed by atoms with Crippen LogP contribution in [0.4, 0.5) is 25.4 Å². The minimum atomic E-state index is -1.25. The Labute approximate surface area is 298 Å². The van der Waals surface area contributed by atoms with Gasteiger partial charge in [-0.1, -0.05) is 11.6 Å². The Balaban J connectivity index is 1.59. The SMILES string of the molecule is COC(=O)NC(C)(C)C(=O)N1CCN(n2c(C(C)N(C(=O)Nc3ccc(F)cc3)c3ccc(OC)cc3OC)nc3ccc(Cl)cc3c2=O)CC1. The van der Waals surface area contributed by atoms with Gasteiger partial charge in [-0.3, -0.25) is 14.5 Å². The molecule has 0 spiro atoms. The number of hydrogen-bond donors (Lipinski definition) is 2. The molecule has 14 nitrogen and oxygen atoms in total. The number of halogens is 2. The molecule has 5 rings (SSSR count). The second-order valence-corrected chi connectivity index (χ2v) is 12.7. The van der Waals surface area contributed by atoms with Crippen molar-refractivity contribution in [2.24, 2.45) is 0 Å². The maximum absolute atomic E-state index is 14.4. The van der Waals surface area contributed by atoms with Gasteiger partial charge in [-0.25, -0.2) is 23.6 Å². The van der Waals surface area contributed by atoms with Gasteiger partial charge in [0, 0.05) is 29.9 Å². The van der Waals surface area contributed by atoms with Crippen LogP contribution in [0.3, 0.4) is 0 Å². The van der Waals surface area contributed by atoms with Crippen molar-refractivity contribution in [1.82, 2.24) is 19.9 Å². The molecule has 1 fully saturated rings. The molecule has 0 aliphatic carbocycles. The molecule has 1 aromatic heterocycles. The lowest BCUT2D eigenvalue weighted by molar-refractivity contribution is -0.137. The van der Waals surface area contributed by atoms with Crippen molar-refractivity contribution in [1.29, 1.82) is 0 Å². The molecule has 2 heterocycles. The van der Waals surface area contributed by atoms with Gasteiger partial charge in [-0.15, -0.1) is 0 Å². The summed E-state index contributed by atoms with van der Waals surface area (Å²) in [5, 5.41) is 7.72. The Hall–Kier alpha value is -5.57. The van der Waals surface area contributed by atoms with Crippen molar-refractivity contribution in [3.8, 4) is 11.5 Å². The molecule has 1 aliphatic heterocycles. The Morgan fingerprint density at radius 1 is 0.961 bits per heavy atom. The molecule has 51 heavy (non-hydrogen) atoms. The van der Waals surface area contributed by atoms with E-state index in [4.69, 9.17) is 26.1 Å². The standard InChI is InChI=1S/C35H39ClFN7O7/c1-21(43(28-14-12-25(49-4)20-29(28)50-5)33(47)38-24-10-8-23(37)9-11-24)30-39-27-13-7-22(36)19-26(27)31(45)44(30)42-17-15-41(16-18-42)32(46)35(2,3)40-34(48)51-6/h7-14,19-21H,15-18H2,1-6H3,(H,38,47)(H,40,48). The van der Waals surface area contributed by atoms with E-state index in [0.717, 1.165) is 0 Å². The lowest BCUT2D eigenvalue weighted by atomic mass is 10.0. The molecule has 0 bridgehead atoms. The molecule has 1 atom stereocenters. The third kappa shape index (κ3) is 7.77. The van der Waals surface area contributed by atoms with Crippen LogP contribution in [0.15, 0.2) is 65.5 Å². The van der Waals surface area contributed by atoms with E-state index in [1.807, 2.05) is 0 Å². The number of benzene rings is 3. The summed E-state index contributed by atoms with van der Waals surface area (Å²) < 4.78 is 30.9. The number of carbonyl (C=O) groups excluding carboxylic acids is 3. The van der Waals surface area contributed by atoms with E-state index in [2.05, 4.69) is 15.4 Å². The zero-order valence-electron chi connectivity index (χ0n) is 29.0. The quantitative estimate of drug-likeness (QED) is 0.246. The summed E-state index contributed by atoms with van der Waals surface area (Å²) in [6, 6.07) is 13.5. The Kier molecular flexibility index (Phi) is 10.9. The number of nitrogens with one attached hydrogen (secondary N) is 2. The lowest BCUT2D eigenvalue weighted by Gasteiger charge is -2.41. The van der Waals surface area contributed by atoms with Crippen LogP contribution in [0, 0.1) is 5.82 Å². The van der Waals surface area contributed by atoms with Crippen LogP contribution in [0.5, 0.6) is 11.5 Å². The van der Waals surface area contributed by atoms with Gasteiger partial charge >= 0.3 is 12.1 Å². The first-order valence-corrected chi connectivity index (χ1v) is 16.4. The number of fused-ring (bicyclic) bond motifs is 1. The van der Waals surface area contributed by atoms with E-state index in [0.29, 0.717) is 33.4 Å². The topological polar surface area (TPSA) is 148 Å². The Morgan fingerprint density at radius 2 is 1.65 bits per heavy atom. The minimum absolute atomic E-state index is 0.203. The Bertz CT molecular complexity index is 2000. The maximum Gasteiger partial charge on any atom is 0.407 e.